The zero-order valence-corrected chi connectivity index (χ0v) is 10.6. The summed E-state index contributed by atoms with van der Waals surface area (Å²) in [7, 11) is 0. The van der Waals surface area contributed by atoms with E-state index in [2.05, 4.69) is 5.32 Å². The molecule has 0 spiro atoms. The third kappa shape index (κ3) is 3.83. The molecule has 2 N–H and O–H groups in total. The summed E-state index contributed by atoms with van der Waals surface area (Å²) in [5.74, 6) is 0.584. The van der Waals surface area contributed by atoms with E-state index in [1.54, 1.807) is 6.07 Å². The third-order valence-corrected chi connectivity index (χ3v) is 2.49. The maximum Gasteiger partial charge on any atom is 0.142 e. The Morgan fingerprint density at radius 2 is 2.12 bits per heavy atom. The van der Waals surface area contributed by atoms with Crippen LogP contribution in [0.3, 0.4) is 0 Å². The molecule has 0 saturated carbocycles. The Kier molecular flexibility index (Phi) is 5.91. The van der Waals surface area contributed by atoms with Gasteiger partial charge in [-0.1, -0.05) is 30.1 Å². The number of ether oxygens (including phenoxy) is 1. The standard InChI is InChI=1S/C11H15Cl2NO2/c1-2-14-7-8-5-9(12)6-10(13)11(8)16-4-3-15/h5-6,14-15H,2-4,7H2,1H3. The third-order valence-electron chi connectivity index (χ3n) is 1.99. The molecule has 0 aliphatic carbocycles. The first-order valence-electron chi connectivity index (χ1n) is 5.11. The van der Waals surface area contributed by atoms with Crippen LogP contribution in [0.2, 0.25) is 10.0 Å². The van der Waals surface area contributed by atoms with E-state index in [0.717, 1.165) is 12.1 Å². The summed E-state index contributed by atoms with van der Waals surface area (Å²) in [5.41, 5.74) is 0.896. The van der Waals surface area contributed by atoms with Gasteiger partial charge in [0.2, 0.25) is 0 Å². The van der Waals surface area contributed by atoms with Crippen molar-refractivity contribution in [2.75, 3.05) is 19.8 Å². The van der Waals surface area contributed by atoms with Crippen LogP contribution in [0.4, 0.5) is 0 Å². The van der Waals surface area contributed by atoms with Gasteiger partial charge in [0, 0.05) is 17.1 Å². The van der Waals surface area contributed by atoms with Crippen LogP contribution in [-0.2, 0) is 6.54 Å². The van der Waals surface area contributed by atoms with E-state index in [9.17, 15) is 0 Å². The number of hydrogen-bond donors (Lipinski definition) is 2. The Morgan fingerprint density at radius 1 is 1.38 bits per heavy atom. The van der Waals surface area contributed by atoms with Gasteiger partial charge in [0.1, 0.15) is 12.4 Å². The Labute approximate surface area is 105 Å². The van der Waals surface area contributed by atoms with Gasteiger partial charge >= 0.3 is 0 Å². The monoisotopic (exact) mass is 263 g/mol. The predicted octanol–water partition coefficient (Wildman–Crippen LogP) is 2.47. The minimum absolute atomic E-state index is 0.0421. The highest BCUT2D eigenvalue weighted by Gasteiger charge is 2.10. The summed E-state index contributed by atoms with van der Waals surface area (Å²) >= 11 is 11.9. The molecule has 0 atom stereocenters. The highest BCUT2D eigenvalue weighted by molar-refractivity contribution is 6.35. The van der Waals surface area contributed by atoms with Crippen LogP contribution in [0, 0.1) is 0 Å². The van der Waals surface area contributed by atoms with Crippen molar-refractivity contribution in [3.05, 3.63) is 27.7 Å². The molecule has 1 aromatic rings. The number of benzene rings is 1. The molecule has 3 nitrogen and oxygen atoms in total. The van der Waals surface area contributed by atoms with Crippen molar-refractivity contribution in [1.82, 2.24) is 5.32 Å². The Bertz CT molecular complexity index is 345. The van der Waals surface area contributed by atoms with Crippen molar-refractivity contribution < 1.29 is 9.84 Å². The van der Waals surface area contributed by atoms with Crippen molar-refractivity contribution in [3.63, 3.8) is 0 Å². The van der Waals surface area contributed by atoms with E-state index < -0.39 is 0 Å². The molecule has 90 valence electrons. The predicted molar refractivity (Wildman–Crippen MR) is 66.4 cm³/mol. The van der Waals surface area contributed by atoms with Crippen molar-refractivity contribution in [3.8, 4) is 5.75 Å². The lowest BCUT2D eigenvalue weighted by atomic mass is 10.2. The number of rotatable bonds is 6. The van der Waals surface area contributed by atoms with Gasteiger partial charge < -0.3 is 15.2 Å². The highest BCUT2D eigenvalue weighted by Crippen LogP contribution is 2.32. The Hall–Kier alpha value is -0.480. The molecule has 0 amide bonds. The van der Waals surface area contributed by atoms with Gasteiger partial charge in [-0.15, -0.1) is 0 Å². The topological polar surface area (TPSA) is 41.5 Å². The molecule has 0 heterocycles. The quantitative estimate of drug-likeness (QED) is 0.829. The van der Waals surface area contributed by atoms with Crippen LogP contribution in [0.25, 0.3) is 0 Å². The molecule has 1 rings (SSSR count). The van der Waals surface area contributed by atoms with E-state index in [1.807, 2.05) is 13.0 Å². The smallest absolute Gasteiger partial charge is 0.142 e. The lowest BCUT2D eigenvalue weighted by Gasteiger charge is -2.13. The van der Waals surface area contributed by atoms with Crippen LogP contribution < -0.4 is 10.1 Å². The SMILES string of the molecule is CCNCc1cc(Cl)cc(Cl)c1OCCO. The lowest BCUT2D eigenvalue weighted by Crippen LogP contribution is -2.14. The fraction of sp³-hybridized carbons (Fsp3) is 0.455. The van der Waals surface area contributed by atoms with E-state index in [4.69, 9.17) is 33.0 Å². The average molecular weight is 264 g/mol. The highest BCUT2D eigenvalue weighted by atomic mass is 35.5. The van der Waals surface area contributed by atoms with E-state index in [-0.39, 0.29) is 13.2 Å². The largest absolute Gasteiger partial charge is 0.489 e. The maximum atomic E-state index is 8.73. The molecule has 0 unspecified atom stereocenters. The normalized spacial score (nSPS) is 10.5. The second-order valence-electron chi connectivity index (χ2n) is 3.23. The van der Waals surface area contributed by atoms with Gasteiger partial charge in [-0.25, -0.2) is 0 Å². The first-order valence-corrected chi connectivity index (χ1v) is 5.87. The summed E-state index contributed by atoms with van der Waals surface area (Å²) in [5, 5.41) is 13.0. The second-order valence-corrected chi connectivity index (χ2v) is 4.07. The Morgan fingerprint density at radius 3 is 2.75 bits per heavy atom. The number of hydrogen-bond acceptors (Lipinski definition) is 3. The fourth-order valence-electron chi connectivity index (χ4n) is 1.31. The molecule has 0 saturated heterocycles. The summed E-state index contributed by atoms with van der Waals surface area (Å²) in [6.45, 7) is 3.68. The molecule has 0 aliphatic rings. The maximum absolute atomic E-state index is 8.73. The minimum Gasteiger partial charge on any atom is -0.489 e. The lowest BCUT2D eigenvalue weighted by molar-refractivity contribution is 0.200. The van der Waals surface area contributed by atoms with E-state index in [0.29, 0.717) is 22.3 Å². The number of aliphatic hydroxyl groups excluding tert-OH is 1. The van der Waals surface area contributed by atoms with Crippen LogP contribution in [0.5, 0.6) is 5.75 Å². The zero-order valence-electron chi connectivity index (χ0n) is 9.09. The summed E-state index contributed by atoms with van der Waals surface area (Å²) in [6, 6.07) is 3.44. The van der Waals surface area contributed by atoms with E-state index >= 15 is 0 Å². The zero-order chi connectivity index (χ0) is 12.0. The van der Waals surface area contributed by atoms with Crippen LogP contribution >= 0.6 is 23.2 Å². The van der Waals surface area contributed by atoms with Gasteiger partial charge in [-0.05, 0) is 18.7 Å². The fourth-order valence-corrected chi connectivity index (χ4v) is 1.90. The molecule has 1 aromatic carbocycles. The van der Waals surface area contributed by atoms with Crippen molar-refractivity contribution >= 4 is 23.2 Å². The molecule has 0 aromatic heterocycles. The minimum atomic E-state index is -0.0421. The summed E-state index contributed by atoms with van der Waals surface area (Å²) in [4.78, 5) is 0. The molecule has 0 radical (unpaired) electrons. The number of halogens is 2. The molecule has 0 bridgehead atoms. The van der Waals surface area contributed by atoms with Crippen LogP contribution in [0.1, 0.15) is 12.5 Å². The van der Waals surface area contributed by atoms with Crippen LogP contribution in [-0.4, -0.2) is 24.9 Å². The first kappa shape index (κ1) is 13.6. The summed E-state index contributed by atoms with van der Waals surface area (Å²) in [6.07, 6.45) is 0. The van der Waals surface area contributed by atoms with Gasteiger partial charge in [0.05, 0.1) is 11.6 Å². The molecular weight excluding hydrogens is 249 g/mol. The molecule has 16 heavy (non-hydrogen) atoms. The average Bonchev–Trinajstić information content (AvgIpc) is 2.24. The van der Waals surface area contributed by atoms with Crippen LogP contribution in [0.15, 0.2) is 12.1 Å². The van der Waals surface area contributed by atoms with Crippen molar-refractivity contribution in [1.29, 1.82) is 0 Å². The number of aliphatic hydroxyl groups is 1. The molecule has 0 fully saturated rings. The van der Waals surface area contributed by atoms with Crippen molar-refractivity contribution in [2.24, 2.45) is 0 Å². The van der Waals surface area contributed by atoms with Gasteiger partial charge in [0.25, 0.3) is 0 Å². The van der Waals surface area contributed by atoms with E-state index in [1.165, 1.54) is 0 Å². The van der Waals surface area contributed by atoms with Crippen molar-refractivity contribution in [2.45, 2.75) is 13.5 Å². The molecule has 5 heteroatoms. The van der Waals surface area contributed by atoms with Gasteiger partial charge in [-0.2, -0.15) is 0 Å². The number of nitrogens with one attached hydrogen (secondary N) is 1. The Balaban J connectivity index is 2.91. The first-order chi connectivity index (χ1) is 7.69. The molecule has 0 aliphatic heterocycles. The second kappa shape index (κ2) is 6.97. The summed E-state index contributed by atoms with van der Waals surface area (Å²) < 4.78 is 5.39. The van der Waals surface area contributed by atoms with Gasteiger partial charge in [-0.3, -0.25) is 0 Å². The van der Waals surface area contributed by atoms with Gasteiger partial charge in [0.15, 0.2) is 0 Å². The molecular formula is C11H15Cl2NO2.